The molecule has 0 aliphatic rings. The molecule has 0 aromatic heterocycles. The molecule has 0 aliphatic heterocycles. The summed E-state index contributed by atoms with van der Waals surface area (Å²) in [6, 6.07) is 20.3. The molecule has 2 N–H and O–H groups in total. The smallest absolute Gasteiger partial charge is 0.0942 e. The number of rotatable bonds is 9. The lowest BCUT2D eigenvalue weighted by atomic mass is 9.87. The summed E-state index contributed by atoms with van der Waals surface area (Å²) in [6.45, 7) is 5.48. The molecule has 2 heteroatoms. The van der Waals surface area contributed by atoms with Crippen molar-refractivity contribution < 1.29 is 5.11 Å². The van der Waals surface area contributed by atoms with E-state index in [1.165, 1.54) is 5.56 Å². The van der Waals surface area contributed by atoms with Gasteiger partial charge in [-0.25, -0.2) is 0 Å². The van der Waals surface area contributed by atoms with Gasteiger partial charge in [0.2, 0.25) is 0 Å². The van der Waals surface area contributed by atoms with Crippen molar-refractivity contribution in [3.05, 3.63) is 84.4 Å². The molecule has 2 aromatic rings. The van der Waals surface area contributed by atoms with E-state index in [9.17, 15) is 5.11 Å². The molecule has 2 aromatic carbocycles. The third kappa shape index (κ3) is 4.83. The van der Waals surface area contributed by atoms with Gasteiger partial charge >= 0.3 is 0 Å². The van der Waals surface area contributed by atoms with Crippen LogP contribution in [0.25, 0.3) is 0 Å². The Balaban J connectivity index is 1.81. The van der Waals surface area contributed by atoms with Crippen LogP contribution < -0.4 is 5.32 Å². The molecule has 0 spiro atoms. The van der Waals surface area contributed by atoms with Crippen LogP contribution >= 0.6 is 0 Å². The lowest BCUT2D eigenvalue weighted by Crippen LogP contribution is -2.31. The van der Waals surface area contributed by atoms with Crippen molar-refractivity contribution in [3.63, 3.8) is 0 Å². The lowest BCUT2D eigenvalue weighted by molar-refractivity contribution is 0.0309. The van der Waals surface area contributed by atoms with Crippen LogP contribution in [0.5, 0.6) is 0 Å². The number of nitrogens with one attached hydrogen (secondary N) is 1. The molecule has 0 saturated carbocycles. The molecule has 1 atom stereocenters. The second-order valence-corrected chi connectivity index (χ2v) is 5.63. The van der Waals surface area contributed by atoms with Crippen molar-refractivity contribution in [2.75, 3.05) is 13.1 Å². The number of aliphatic hydroxyl groups is 1. The third-order valence-electron chi connectivity index (χ3n) is 3.94. The Kier molecular flexibility index (Phi) is 6.38. The Morgan fingerprint density at radius 3 is 2.23 bits per heavy atom. The predicted molar refractivity (Wildman–Crippen MR) is 92.8 cm³/mol. The summed E-state index contributed by atoms with van der Waals surface area (Å²) in [5.41, 5.74) is 1.46. The molecule has 2 nitrogen and oxygen atoms in total. The quantitative estimate of drug-likeness (QED) is 0.546. The fourth-order valence-corrected chi connectivity index (χ4v) is 2.65. The van der Waals surface area contributed by atoms with Crippen LogP contribution in [0.2, 0.25) is 0 Å². The van der Waals surface area contributed by atoms with Gasteiger partial charge in [0, 0.05) is 0 Å². The molecule has 0 amide bonds. The first-order chi connectivity index (χ1) is 10.7. The van der Waals surface area contributed by atoms with Crippen LogP contribution in [0.15, 0.2) is 73.3 Å². The van der Waals surface area contributed by atoms with E-state index in [2.05, 4.69) is 36.2 Å². The van der Waals surface area contributed by atoms with E-state index in [0.29, 0.717) is 12.8 Å². The highest BCUT2D eigenvalue weighted by Gasteiger charge is 2.26. The Morgan fingerprint density at radius 1 is 0.955 bits per heavy atom. The van der Waals surface area contributed by atoms with Crippen LogP contribution in [0, 0.1) is 0 Å². The normalized spacial score (nSPS) is 13.5. The first kappa shape index (κ1) is 16.5. The minimum absolute atomic E-state index is 0.567. The summed E-state index contributed by atoms with van der Waals surface area (Å²) >= 11 is 0. The van der Waals surface area contributed by atoms with Crippen LogP contribution in [-0.4, -0.2) is 18.2 Å². The van der Waals surface area contributed by atoms with E-state index < -0.39 is 5.60 Å². The molecular weight excluding hydrogens is 270 g/mol. The molecule has 0 bridgehead atoms. The van der Waals surface area contributed by atoms with Gasteiger partial charge in [0.25, 0.3) is 0 Å². The topological polar surface area (TPSA) is 32.3 Å². The van der Waals surface area contributed by atoms with Crippen molar-refractivity contribution in [2.45, 2.75) is 24.9 Å². The average Bonchev–Trinajstić information content (AvgIpc) is 2.57. The van der Waals surface area contributed by atoms with Crippen molar-refractivity contribution in [2.24, 2.45) is 0 Å². The summed E-state index contributed by atoms with van der Waals surface area (Å²) < 4.78 is 0. The lowest BCUT2D eigenvalue weighted by Gasteiger charge is -2.27. The molecule has 0 heterocycles. The number of benzene rings is 2. The van der Waals surface area contributed by atoms with Crippen LogP contribution in [-0.2, 0) is 12.0 Å². The third-order valence-corrected chi connectivity index (χ3v) is 3.94. The zero-order valence-corrected chi connectivity index (χ0v) is 13.0. The second-order valence-electron chi connectivity index (χ2n) is 5.63. The van der Waals surface area contributed by atoms with Gasteiger partial charge in [-0.3, -0.25) is 0 Å². The van der Waals surface area contributed by atoms with Gasteiger partial charge in [0.05, 0.1) is 5.60 Å². The van der Waals surface area contributed by atoms with Crippen LogP contribution in [0.4, 0.5) is 0 Å². The first-order valence-electron chi connectivity index (χ1n) is 7.88. The van der Waals surface area contributed by atoms with Gasteiger partial charge in [-0.2, -0.15) is 0 Å². The predicted octanol–water partition coefficient (Wildman–Crippen LogP) is 3.67. The zero-order valence-electron chi connectivity index (χ0n) is 13.0. The minimum atomic E-state index is -0.831. The highest BCUT2D eigenvalue weighted by molar-refractivity contribution is 5.23. The number of hydrogen-bond donors (Lipinski definition) is 2. The maximum atomic E-state index is 10.9. The summed E-state index contributed by atoms with van der Waals surface area (Å²) in [4.78, 5) is 0. The average molecular weight is 295 g/mol. The van der Waals surface area contributed by atoms with E-state index >= 15 is 0 Å². The van der Waals surface area contributed by atoms with E-state index in [0.717, 1.165) is 25.1 Å². The summed E-state index contributed by atoms with van der Waals surface area (Å²) in [6.07, 6.45) is 4.04. The highest BCUT2D eigenvalue weighted by atomic mass is 16.3. The fraction of sp³-hybridized carbons (Fsp3) is 0.300. The SMILES string of the molecule is C=CCC(O)(CCNCCc1ccccc1)c1ccccc1. The molecule has 0 radical (unpaired) electrons. The second kappa shape index (κ2) is 8.52. The Hall–Kier alpha value is -1.90. The van der Waals surface area contributed by atoms with Gasteiger partial charge < -0.3 is 10.4 Å². The van der Waals surface area contributed by atoms with Crippen molar-refractivity contribution in [1.82, 2.24) is 5.32 Å². The standard InChI is InChI=1S/C20H25NO/c1-2-14-20(22,19-11-7-4-8-12-19)15-17-21-16-13-18-9-5-3-6-10-18/h2-12,21-22H,1,13-17H2. The van der Waals surface area contributed by atoms with E-state index in [-0.39, 0.29) is 0 Å². The van der Waals surface area contributed by atoms with E-state index in [1.54, 1.807) is 6.08 Å². The summed E-state index contributed by atoms with van der Waals surface area (Å²) in [5.74, 6) is 0. The van der Waals surface area contributed by atoms with Crippen LogP contribution in [0.1, 0.15) is 24.0 Å². The monoisotopic (exact) mass is 295 g/mol. The van der Waals surface area contributed by atoms with Gasteiger partial charge in [-0.1, -0.05) is 66.7 Å². The van der Waals surface area contributed by atoms with E-state index in [4.69, 9.17) is 0 Å². The molecule has 2 rings (SSSR count). The molecule has 1 unspecified atom stereocenters. The highest BCUT2D eigenvalue weighted by Crippen LogP contribution is 2.28. The van der Waals surface area contributed by atoms with Crippen molar-refractivity contribution in [3.8, 4) is 0 Å². The van der Waals surface area contributed by atoms with Crippen molar-refractivity contribution >= 4 is 0 Å². The van der Waals surface area contributed by atoms with E-state index in [1.807, 2.05) is 36.4 Å². The largest absolute Gasteiger partial charge is 0.385 e. The molecule has 116 valence electrons. The van der Waals surface area contributed by atoms with Gasteiger partial charge in [0.1, 0.15) is 0 Å². The maximum Gasteiger partial charge on any atom is 0.0942 e. The first-order valence-corrected chi connectivity index (χ1v) is 7.88. The molecule has 22 heavy (non-hydrogen) atoms. The Labute approximate surface area is 133 Å². The molecular formula is C20H25NO. The summed E-state index contributed by atoms with van der Waals surface area (Å²) in [7, 11) is 0. The maximum absolute atomic E-state index is 10.9. The Morgan fingerprint density at radius 2 is 1.59 bits per heavy atom. The Bertz CT molecular complexity index is 552. The van der Waals surface area contributed by atoms with Gasteiger partial charge in [-0.15, -0.1) is 6.58 Å². The fourth-order valence-electron chi connectivity index (χ4n) is 2.65. The summed E-state index contributed by atoms with van der Waals surface area (Å²) in [5, 5.41) is 14.3. The minimum Gasteiger partial charge on any atom is -0.385 e. The molecule has 0 saturated heterocycles. The van der Waals surface area contributed by atoms with Crippen molar-refractivity contribution in [1.29, 1.82) is 0 Å². The molecule has 0 fully saturated rings. The number of hydrogen-bond acceptors (Lipinski definition) is 2. The van der Waals surface area contributed by atoms with Gasteiger partial charge in [0.15, 0.2) is 0 Å². The van der Waals surface area contributed by atoms with Crippen LogP contribution in [0.3, 0.4) is 0 Å². The zero-order chi connectivity index (χ0) is 15.7. The van der Waals surface area contributed by atoms with Gasteiger partial charge in [-0.05, 0) is 43.5 Å². The molecule has 0 aliphatic carbocycles.